The normalized spacial score (nSPS) is 10.7. The summed E-state index contributed by atoms with van der Waals surface area (Å²) in [5.41, 5.74) is 8.15. The SMILES string of the molecule is CN(c1ccccc1C(=N)N)c1cccc2nccn12. The second kappa shape index (κ2) is 4.70. The van der Waals surface area contributed by atoms with Gasteiger partial charge in [0.05, 0.1) is 5.69 Å². The molecule has 0 saturated heterocycles. The van der Waals surface area contributed by atoms with Crippen LogP contribution in [-0.2, 0) is 0 Å². The Morgan fingerprint density at radius 2 is 2.00 bits per heavy atom. The third kappa shape index (κ3) is 1.89. The molecule has 20 heavy (non-hydrogen) atoms. The van der Waals surface area contributed by atoms with E-state index in [1.165, 1.54) is 0 Å². The number of hydrogen-bond donors (Lipinski definition) is 2. The minimum Gasteiger partial charge on any atom is -0.384 e. The van der Waals surface area contributed by atoms with Crippen molar-refractivity contribution in [3.8, 4) is 0 Å². The highest BCUT2D eigenvalue weighted by Gasteiger charge is 2.12. The number of aromatic nitrogens is 2. The van der Waals surface area contributed by atoms with Gasteiger partial charge in [-0.2, -0.15) is 0 Å². The Morgan fingerprint density at radius 3 is 2.80 bits per heavy atom. The first-order valence-electron chi connectivity index (χ1n) is 6.28. The Balaban J connectivity index is 2.16. The molecule has 0 atom stereocenters. The molecule has 2 aromatic heterocycles. The zero-order valence-corrected chi connectivity index (χ0v) is 11.1. The molecule has 3 N–H and O–H groups in total. The molecule has 0 unspecified atom stereocenters. The summed E-state index contributed by atoms with van der Waals surface area (Å²) in [7, 11) is 1.95. The summed E-state index contributed by atoms with van der Waals surface area (Å²) < 4.78 is 2.00. The summed E-state index contributed by atoms with van der Waals surface area (Å²) >= 11 is 0. The predicted octanol–water partition coefficient (Wildman–Crippen LogP) is 2.39. The van der Waals surface area contributed by atoms with Crippen LogP contribution in [0.2, 0.25) is 0 Å². The number of imidazole rings is 1. The molecule has 100 valence electrons. The van der Waals surface area contributed by atoms with Crippen LogP contribution in [0.5, 0.6) is 0 Å². The monoisotopic (exact) mass is 265 g/mol. The molecule has 0 aliphatic carbocycles. The Labute approximate surface area is 116 Å². The smallest absolute Gasteiger partial charge is 0.138 e. The van der Waals surface area contributed by atoms with Gasteiger partial charge in [-0.25, -0.2) is 4.98 Å². The van der Waals surface area contributed by atoms with Crippen LogP contribution < -0.4 is 10.6 Å². The van der Waals surface area contributed by atoms with Gasteiger partial charge >= 0.3 is 0 Å². The molecule has 0 fully saturated rings. The summed E-state index contributed by atoms with van der Waals surface area (Å²) in [5, 5.41) is 7.70. The van der Waals surface area contributed by atoms with Crippen LogP contribution in [0.1, 0.15) is 5.56 Å². The van der Waals surface area contributed by atoms with Crippen LogP contribution in [0.25, 0.3) is 5.65 Å². The first kappa shape index (κ1) is 12.2. The molecular weight excluding hydrogens is 250 g/mol. The Bertz CT molecular complexity index is 775. The number of rotatable bonds is 3. The molecule has 5 heteroatoms. The van der Waals surface area contributed by atoms with Crippen LogP contribution in [0.3, 0.4) is 0 Å². The van der Waals surface area contributed by atoms with Crippen molar-refractivity contribution in [2.75, 3.05) is 11.9 Å². The van der Waals surface area contributed by atoms with E-state index < -0.39 is 0 Å². The highest BCUT2D eigenvalue weighted by atomic mass is 15.2. The molecule has 0 saturated carbocycles. The topological polar surface area (TPSA) is 70.4 Å². The van der Waals surface area contributed by atoms with E-state index >= 15 is 0 Å². The standard InChI is InChI=1S/C15H15N5/c1-19(12-6-3-2-5-11(12)15(16)17)14-8-4-7-13-18-9-10-20(13)14/h2-10H,1H3,(H3,16,17). The highest BCUT2D eigenvalue weighted by molar-refractivity contribution is 6.01. The Kier molecular flexibility index (Phi) is 2.87. The maximum absolute atomic E-state index is 7.70. The number of hydrogen-bond acceptors (Lipinski definition) is 3. The van der Waals surface area contributed by atoms with Crippen LogP contribution >= 0.6 is 0 Å². The van der Waals surface area contributed by atoms with Gasteiger partial charge in [-0.15, -0.1) is 0 Å². The zero-order chi connectivity index (χ0) is 14.1. The number of amidine groups is 1. The lowest BCUT2D eigenvalue weighted by molar-refractivity contribution is 1.07. The van der Waals surface area contributed by atoms with Gasteiger partial charge in [0, 0.05) is 25.0 Å². The van der Waals surface area contributed by atoms with Gasteiger partial charge in [-0.05, 0) is 24.3 Å². The van der Waals surface area contributed by atoms with E-state index in [1.807, 2.05) is 65.0 Å². The van der Waals surface area contributed by atoms with E-state index in [-0.39, 0.29) is 5.84 Å². The van der Waals surface area contributed by atoms with Crippen molar-refractivity contribution < 1.29 is 0 Å². The van der Waals surface area contributed by atoms with Crippen molar-refractivity contribution in [1.82, 2.24) is 9.38 Å². The number of anilines is 2. The predicted molar refractivity (Wildman–Crippen MR) is 80.7 cm³/mol. The largest absolute Gasteiger partial charge is 0.384 e. The van der Waals surface area contributed by atoms with Crippen molar-refractivity contribution in [2.24, 2.45) is 5.73 Å². The van der Waals surface area contributed by atoms with Crippen molar-refractivity contribution >= 4 is 23.0 Å². The minimum atomic E-state index is 0.0604. The number of nitrogens with zero attached hydrogens (tertiary/aromatic N) is 3. The molecule has 0 amide bonds. The molecule has 2 heterocycles. The molecule has 0 radical (unpaired) electrons. The van der Waals surface area contributed by atoms with Gasteiger partial charge < -0.3 is 10.6 Å². The fourth-order valence-electron chi connectivity index (χ4n) is 2.32. The summed E-state index contributed by atoms with van der Waals surface area (Å²) in [6.45, 7) is 0. The summed E-state index contributed by atoms with van der Waals surface area (Å²) in [5.74, 6) is 1.03. The van der Waals surface area contributed by atoms with Gasteiger partial charge in [0.15, 0.2) is 0 Å². The number of benzene rings is 1. The third-order valence-electron chi connectivity index (χ3n) is 3.31. The highest BCUT2D eigenvalue weighted by Crippen LogP contribution is 2.27. The lowest BCUT2D eigenvalue weighted by Gasteiger charge is -2.23. The van der Waals surface area contributed by atoms with Crippen LogP contribution in [0, 0.1) is 5.41 Å². The van der Waals surface area contributed by atoms with Crippen LogP contribution in [0.4, 0.5) is 11.5 Å². The Morgan fingerprint density at radius 1 is 1.20 bits per heavy atom. The fraction of sp³-hybridized carbons (Fsp3) is 0.0667. The first-order chi connectivity index (χ1) is 9.68. The average Bonchev–Trinajstić information content (AvgIpc) is 2.94. The molecule has 0 aliphatic heterocycles. The van der Waals surface area contributed by atoms with Crippen molar-refractivity contribution in [3.05, 3.63) is 60.4 Å². The molecule has 5 nitrogen and oxygen atoms in total. The van der Waals surface area contributed by atoms with Gasteiger partial charge in [0.25, 0.3) is 0 Å². The van der Waals surface area contributed by atoms with E-state index in [0.29, 0.717) is 5.56 Å². The summed E-state index contributed by atoms with van der Waals surface area (Å²) in [6, 6.07) is 13.5. The first-order valence-corrected chi connectivity index (χ1v) is 6.28. The van der Waals surface area contributed by atoms with Crippen molar-refractivity contribution in [2.45, 2.75) is 0 Å². The van der Waals surface area contributed by atoms with Crippen molar-refractivity contribution in [3.63, 3.8) is 0 Å². The number of para-hydroxylation sites is 1. The summed E-state index contributed by atoms with van der Waals surface area (Å²) in [6.07, 6.45) is 3.68. The van der Waals surface area contributed by atoms with Gasteiger partial charge in [0.1, 0.15) is 17.3 Å². The Hall–Kier alpha value is -2.82. The van der Waals surface area contributed by atoms with Crippen molar-refractivity contribution in [1.29, 1.82) is 5.41 Å². The maximum Gasteiger partial charge on any atom is 0.138 e. The zero-order valence-electron chi connectivity index (χ0n) is 11.1. The number of pyridine rings is 1. The fourth-order valence-corrected chi connectivity index (χ4v) is 2.32. The van der Waals surface area contributed by atoms with Gasteiger partial charge in [0.2, 0.25) is 0 Å². The van der Waals surface area contributed by atoms with E-state index in [1.54, 1.807) is 6.20 Å². The number of fused-ring (bicyclic) bond motifs is 1. The molecule has 0 spiro atoms. The minimum absolute atomic E-state index is 0.0604. The van der Waals surface area contributed by atoms with E-state index in [4.69, 9.17) is 11.1 Å². The number of nitrogen functional groups attached to an aromatic ring is 1. The molecule has 3 rings (SSSR count). The van der Waals surface area contributed by atoms with E-state index in [2.05, 4.69) is 4.98 Å². The third-order valence-corrected chi connectivity index (χ3v) is 3.31. The van der Waals surface area contributed by atoms with E-state index in [9.17, 15) is 0 Å². The van der Waals surface area contributed by atoms with Crippen LogP contribution in [0.15, 0.2) is 54.9 Å². The van der Waals surface area contributed by atoms with Crippen LogP contribution in [-0.4, -0.2) is 22.3 Å². The quantitative estimate of drug-likeness (QED) is 0.564. The number of nitrogens with one attached hydrogen (secondary N) is 1. The maximum atomic E-state index is 7.70. The second-order valence-electron chi connectivity index (χ2n) is 4.53. The molecule has 1 aromatic carbocycles. The molecule has 0 bridgehead atoms. The summed E-state index contributed by atoms with van der Waals surface area (Å²) in [4.78, 5) is 6.29. The molecule has 0 aliphatic rings. The average molecular weight is 265 g/mol. The lowest BCUT2D eigenvalue weighted by Crippen LogP contribution is -2.19. The molecule has 3 aromatic rings. The number of nitrogens with two attached hydrogens (primary N) is 1. The van der Waals surface area contributed by atoms with E-state index in [0.717, 1.165) is 17.2 Å². The lowest BCUT2D eigenvalue weighted by atomic mass is 10.1. The van der Waals surface area contributed by atoms with Gasteiger partial charge in [-0.3, -0.25) is 9.81 Å². The molecular formula is C15H15N5. The second-order valence-corrected chi connectivity index (χ2v) is 4.53. The van der Waals surface area contributed by atoms with Gasteiger partial charge in [-0.1, -0.05) is 18.2 Å².